The number of benzene rings is 1. The van der Waals surface area contributed by atoms with Crippen LogP contribution in [0, 0.1) is 0 Å². The minimum atomic E-state index is -0.921. The Morgan fingerprint density at radius 1 is 1.32 bits per heavy atom. The standard InChI is InChI=1S/C13H19BN2O3/c1-12(2,17)13(3,4)19-14-8-5-6-10-9(7-8)16-11(15)18-10/h5-7,14,17H,1-4H3,(H2,15,16). The summed E-state index contributed by atoms with van der Waals surface area (Å²) in [5, 5.41) is 10.0. The third-order valence-corrected chi connectivity index (χ3v) is 3.54. The summed E-state index contributed by atoms with van der Waals surface area (Å²) < 4.78 is 11.0. The second kappa shape index (κ2) is 4.54. The van der Waals surface area contributed by atoms with Gasteiger partial charge in [-0.05, 0) is 39.8 Å². The van der Waals surface area contributed by atoms with Gasteiger partial charge in [0.2, 0.25) is 0 Å². The molecule has 0 spiro atoms. The SMILES string of the molecule is CC(C)(O)C(C)(C)OBc1ccc2oc(N)nc2c1. The van der Waals surface area contributed by atoms with Crippen LogP contribution < -0.4 is 11.2 Å². The Morgan fingerprint density at radius 3 is 2.63 bits per heavy atom. The van der Waals surface area contributed by atoms with Crippen LogP contribution in [-0.4, -0.2) is 28.8 Å². The number of anilines is 1. The minimum Gasteiger partial charge on any atom is -0.427 e. The molecule has 0 unspecified atom stereocenters. The van der Waals surface area contributed by atoms with Crippen LogP contribution in [0.5, 0.6) is 0 Å². The summed E-state index contributed by atoms with van der Waals surface area (Å²) in [5.41, 5.74) is 6.25. The summed E-state index contributed by atoms with van der Waals surface area (Å²) in [5.74, 6) is 0. The Balaban J connectivity index is 2.14. The number of oxazole rings is 1. The number of nitrogens with zero attached hydrogens (tertiary/aromatic N) is 1. The van der Waals surface area contributed by atoms with E-state index >= 15 is 0 Å². The van der Waals surface area contributed by atoms with Gasteiger partial charge in [-0.25, -0.2) is 0 Å². The second-order valence-corrected chi connectivity index (χ2v) is 5.71. The highest BCUT2D eigenvalue weighted by molar-refractivity contribution is 6.47. The zero-order chi connectivity index (χ0) is 14.3. The molecule has 0 amide bonds. The molecular formula is C13H19BN2O3. The zero-order valence-corrected chi connectivity index (χ0v) is 11.7. The molecule has 0 radical (unpaired) electrons. The zero-order valence-electron chi connectivity index (χ0n) is 11.7. The van der Waals surface area contributed by atoms with E-state index in [1.54, 1.807) is 13.8 Å². The monoisotopic (exact) mass is 262 g/mol. The van der Waals surface area contributed by atoms with Gasteiger partial charge in [-0.3, -0.25) is 0 Å². The van der Waals surface area contributed by atoms with Gasteiger partial charge in [0.15, 0.2) is 5.58 Å². The van der Waals surface area contributed by atoms with E-state index in [-0.39, 0.29) is 6.01 Å². The topological polar surface area (TPSA) is 81.5 Å². The Bertz CT molecular complexity index is 587. The first-order valence-electron chi connectivity index (χ1n) is 6.20. The summed E-state index contributed by atoms with van der Waals surface area (Å²) in [6, 6.07) is 5.74. The van der Waals surface area contributed by atoms with Crippen molar-refractivity contribution in [3.63, 3.8) is 0 Å². The highest BCUT2D eigenvalue weighted by Crippen LogP contribution is 2.24. The number of nitrogen functional groups attached to an aromatic ring is 1. The molecule has 6 heteroatoms. The number of fused-ring (bicyclic) bond motifs is 1. The number of hydrogen-bond acceptors (Lipinski definition) is 5. The van der Waals surface area contributed by atoms with Gasteiger partial charge in [0.1, 0.15) is 5.52 Å². The van der Waals surface area contributed by atoms with Gasteiger partial charge in [-0.2, -0.15) is 4.98 Å². The molecule has 0 aliphatic rings. The highest BCUT2D eigenvalue weighted by atomic mass is 16.5. The molecule has 2 aromatic rings. The molecule has 1 aromatic carbocycles. The number of hydrogen-bond donors (Lipinski definition) is 2. The van der Waals surface area contributed by atoms with Crippen LogP contribution in [0.15, 0.2) is 22.6 Å². The first kappa shape index (κ1) is 13.9. The van der Waals surface area contributed by atoms with Gasteiger partial charge in [-0.1, -0.05) is 11.5 Å². The van der Waals surface area contributed by atoms with Crippen LogP contribution in [0.1, 0.15) is 27.7 Å². The maximum absolute atomic E-state index is 10.0. The first-order valence-corrected chi connectivity index (χ1v) is 6.20. The third-order valence-electron chi connectivity index (χ3n) is 3.54. The van der Waals surface area contributed by atoms with Crippen molar-refractivity contribution in [1.82, 2.24) is 4.98 Å². The Morgan fingerprint density at radius 2 is 2.00 bits per heavy atom. The summed E-state index contributed by atoms with van der Waals surface area (Å²) in [4.78, 5) is 4.07. The largest absolute Gasteiger partial charge is 0.427 e. The molecule has 102 valence electrons. The fraction of sp³-hybridized carbons (Fsp3) is 0.462. The van der Waals surface area contributed by atoms with Gasteiger partial charge in [0, 0.05) is 0 Å². The van der Waals surface area contributed by atoms with E-state index in [1.807, 2.05) is 32.0 Å². The molecule has 0 aliphatic heterocycles. The van der Waals surface area contributed by atoms with Crippen molar-refractivity contribution < 1.29 is 14.2 Å². The van der Waals surface area contributed by atoms with Crippen LogP contribution in [-0.2, 0) is 4.65 Å². The van der Waals surface area contributed by atoms with Crippen LogP contribution in [0.2, 0.25) is 0 Å². The molecule has 3 N–H and O–H groups in total. The molecule has 0 fully saturated rings. The fourth-order valence-corrected chi connectivity index (χ4v) is 1.52. The summed E-state index contributed by atoms with van der Waals surface area (Å²) in [6.07, 6.45) is 0. The molecule has 0 saturated carbocycles. The quantitative estimate of drug-likeness (QED) is 0.802. The molecule has 1 heterocycles. The van der Waals surface area contributed by atoms with Gasteiger partial charge in [0.05, 0.1) is 11.2 Å². The molecule has 0 aliphatic carbocycles. The maximum Gasteiger partial charge on any atom is 0.309 e. The number of aromatic nitrogens is 1. The van der Waals surface area contributed by atoms with E-state index in [0.717, 1.165) is 5.46 Å². The van der Waals surface area contributed by atoms with Crippen molar-refractivity contribution in [3.8, 4) is 0 Å². The Hall–Kier alpha value is -1.53. The smallest absolute Gasteiger partial charge is 0.309 e. The lowest BCUT2D eigenvalue weighted by atomic mass is 9.82. The lowest BCUT2D eigenvalue weighted by Crippen LogP contribution is -2.49. The predicted molar refractivity (Wildman–Crippen MR) is 76.7 cm³/mol. The maximum atomic E-state index is 10.0. The predicted octanol–water partition coefficient (Wildman–Crippen LogP) is 0.953. The van der Waals surface area contributed by atoms with E-state index in [4.69, 9.17) is 14.8 Å². The van der Waals surface area contributed by atoms with E-state index in [9.17, 15) is 5.11 Å². The summed E-state index contributed by atoms with van der Waals surface area (Å²) in [6.45, 7) is 7.18. The average Bonchev–Trinajstić information content (AvgIpc) is 2.64. The van der Waals surface area contributed by atoms with Gasteiger partial charge in [-0.15, -0.1) is 0 Å². The average molecular weight is 262 g/mol. The Kier molecular flexibility index (Phi) is 3.32. The first-order chi connectivity index (χ1) is 8.69. The molecule has 2 rings (SSSR count). The van der Waals surface area contributed by atoms with Gasteiger partial charge in [0.25, 0.3) is 6.01 Å². The molecule has 1 aromatic heterocycles. The van der Waals surface area contributed by atoms with Gasteiger partial charge < -0.3 is 19.9 Å². The molecule has 19 heavy (non-hydrogen) atoms. The summed E-state index contributed by atoms with van der Waals surface area (Å²) in [7, 11) is 0.389. The van der Waals surface area contributed by atoms with E-state index in [1.165, 1.54) is 0 Å². The van der Waals surface area contributed by atoms with E-state index < -0.39 is 11.2 Å². The van der Waals surface area contributed by atoms with Crippen molar-refractivity contribution in [2.45, 2.75) is 38.9 Å². The molecule has 5 nitrogen and oxygen atoms in total. The van der Waals surface area contributed by atoms with Crippen LogP contribution in [0.3, 0.4) is 0 Å². The van der Waals surface area contributed by atoms with Crippen molar-refractivity contribution >= 4 is 30.1 Å². The third kappa shape index (κ3) is 2.90. The molecule has 0 atom stereocenters. The van der Waals surface area contributed by atoms with Gasteiger partial charge >= 0.3 is 7.48 Å². The normalized spacial score (nSPS) is 12.9. The van der Waals surface area contributed by atoms with Crippen molar-refractivity contribution in [2.75, 3.05) is 5.73 Å². The van der Waals surface area contributed by atoms with Crippen molar-refractivity contribution in [1.29, 1.82) is 0 Å². The lowest BCUT2D eigenvalue weighted by Gasteiger charge is -2.37. The molecule has 0 saturated heterocycles. The highest BCUT2D eigenvalue weighted by Gasteiger charge is 2.35. The summed E-state index contributed by atoms with van der Waals surface area (Å²) >= 11 is 0. The van der Waals surface area contributed by atoms with Crippen LogP contribution >= 0.6 is 0 Å². The molecular weight excluding hydrogens is 243 g/mol. The van der Waals surface area contributed by atoms with Crippen molar-refractivity contribution in [3.05, 3.63) is 18.2 Å². The molecule has 0 bridgehead atoms. The minimum absolute atomic E-state index is 0.157. The number of rotatable bonds is 4. The van der Waals surface area contributed by atoms with Crippen LogP contribution in [0.4, 0.5) is 6.01 Å². The second-order valence-electron chi connectivity index (χ2n) is 5.71. The fourth-order valence-electron chi connectivity index (χ4n) is 1.52. The van der Waals surface area contributed by atoms with Crippen LogP contribution in [0.25, 0.3) is 11.1 Å². The Labute approximate surface area is 113 Å². The van der Waals surface area contributed by atoms with Crippen molar-refractivity contribution in [2.24, 2.45) is 0 Å². The number of aliphatic hydroxyl groups is 1. The lowest BCUT2D eigenvalue weighted by molar-refractivity contribution is -0.0893. The van der Waals surface area contributed by atoms with E-state index in [2.05, 4.69) is 4.98 Å². The number of nitrogens with two attached hydrogens (primary N) is 1. The van der Waals surface area contributed by atoms with E-state index in [0.29, 0.717) is 18.6 Å².